The van der Waals surface area contributed by atoms with Crippen LogP contribution in [0.15, 0.2) is 12.5 Å². The predicted molar refractivity (Wildman–Crippen MR) is 270 cm³/mol. The van der Waals surface area contributed by atoms with Gasteiger partial charge in [-0.15, -0.1) is 0 Å². The average Bonchev–Trinajstić information content (AvgIpc) is 4.02. The Hall–Kier alpha value is -4.63. The van der Waals surface area contributed by atoms with Crippen molar-refractivity contribution >= 4 is 90.2 Å². The van der Waals surface area contributed by atoms with E-state index in [9.17, 15) is 53.4 Å². The number of nitrogens with one attached hydrogen (secondary N) is 8. The zero-order valence-electron chi connectivity index (χ0n) is 40.9. The zero-order valence-corrected chi connectivity index (χ0v) is 43.5. The largest absolute Gasteiger partial charge is 0.480 e. The molecule has 1 fully saturated rings. The van der Waals surface area contributed by atoms with Gasteiger partial charge in [0.15, 0.2) is 0 Å². The van der Waals surface area contributed by atoms with Gasteiger partial charge in [0, 0.05) is 36.4 Å². The van der Waals surface area contributed by atoms with Gasteiger partial charge < -0.3 is 68.8 Å². The molecule has 1 aromatic rings. The molecule has 0 spiro atoms. The van der Waals surface area contributed by atoms with Crippen molar-refractivity contribution in [2.45, 2.75) is 153 Å². The van der Waals surface area contributed by atoms with Gasteiger partial charge in [0.25, 0.3) is 0 Å². The van der Waals surface area contributed by atoms with Gasteiger partial charge in [0.2, 0.25) is 47.3 Å². The van der Waals surface area contributed by atoms with Gasteiger partial charge in [-0.25, -0.2) is 9.78 Å². The number of nitrogens with zero attached hydrogens (tertiary/aromatic N) is 2. The molecule has 0 aromatic carbocycles. The molecule has 1 aliphatic rings. The molecule has 0 aliphatic carbocycles. The van der Waals surface area contributed by atoms with Gasteiger partial charge in [0.05, 0.1) is 18.5 Å². The van der Waals surface area contributed by atoms with E-state index in [0.29, 0.717) is 37.3 Å². The van der Waals surface area contributed by atoms with E-state index < -0.39 is 114 Å². The number of imidazole rings is 1. The van der Waals surface area contributed by atoms with Gasteiger partial charge in [-0.3, -0.25) is 38.4 Å². The molecule has 0 bridgehead atoms. The van der Waals surface area contributed by atoms with Crippen molar-refractivity contribution in [2.75, 3.05) is 36.6 Å². The second-order valence-electron chi connectivity index (χ2n) is 18.2. The third-order valence-corrected chi connectivity index (χ3v) is 12.7. The minimum absolute atomic E-state index is 0.0249. The average molecular weight is 1050 g/mol. The van der Waals surface area contributed by atoms with E-state index >= 15 is 0 Å². The summed E-state index contributed by atoms with van der Waals surface area (Å²) >= 11 is 9.43. The summed E-state index contributed by atoms with van der Waals surface area (Å²) < 4.78 is 0. The van der Waals surface area contributed by atoms with Crippen molar-refractivity contribution < 1.29 is 53.4 Å². The molecule has 8 amide bonds. The molecule has 14 N–H and O–H groups in total. The smallest absolute Gasteiger partial charge is 0.327 e. The SMILES string of the molecule is CSCC[C@H](NC(=O)[C@H](CCCCN)NC(=O)[C@H](CC(C)C)NC(=O)[C@H](Cc1cnc[nH]1)NC(=O)[C@@H]1CCCN1C(=O)[C@H](CC(C)C)NC(=O)[C@@H](NC(=O)[C@@H](N)CS)[C@@H](C)O)C(=O)N[C@@H](CS)C(=O)O. The lowest BCUT2D eigenvalue weighted by Crippen LogP contribution is -2.61. The number of hydrogen-bond donors (Lipinski definition) is 14. The van der Waals surface area contributed by atoms with Crippen LogP contribution in [-0.2, 0) is 49.6 Å². The highest BCUT2D eigenvalue weighted by Crippen LogP contribution is 2.21. The minimum Gasteiger partial charge on any atom is -0.480 e. The Balaban J connectivity index is 2.40. The number of carbonyl (C=O) groups excluding carboxylic acids is 8. The molecule has 23 nitrogen and oxygen atoms in total. The van der Waals surface area contributed by atoms with Gasteiger partial charge >= 0.3 is 5.97 Å². The number of hydrogen-bond acceptors (Lipinski definition) is 16. The second kappa shape index (κ2) is 31.7. The number of aliphatic hydroxyl groups is 1. The number of rotatable bonds is 32. The van der Waals surface area contributed by atoms with Crippen molar-refractivity contribution in [1.29, 1.82) is 0 Å². The Labute approximate surface area is 425 Å². The standard InChI is InChI=1S/C44H76N12O11S3/c1-23(2)16-30(39(61)49-28(10-7-8-13-45)37(59)50-29(12-15-70-6)38(60)54-33(21-69)44(66)67)51-40(62)31(18-26-19-47-22-48-26)52-41(63)34-11-9-14-56(34)43(65)32(17-24(3)4)53-42(64)35(25(5)57)55-36(58)27(46)20-68/h19,22-25,27-35,57,68-69H,7-18,20-21,45-46H2,1-6H3,(H,47,48)(H,49,61)(H,50,59)(H,51,62)(H,52,63)(H,53,64)(H,54,60)(H,55,58)(H,66,67)/t25-,27+,28+,29+,30+,31+,32+,33+,34+,35+/m1/s1. The molecular formula is C44H76N12O11S3. The van der Waals surface area contributed by atoms with E-state index in [1.807, 2.05) is 27.7 Å². The molecule has 1 aliphatic heterocycles. The van der Waals surface area contributed by atoms with Crippen LogP contribution in [0, 0.1) is 11.8 Å². The fourth-order valence-corrected chi connectivity index (χ4v) is 8.43. The van der Waals surface area contributed by atoms with Crippen molar-refractivity contribution in [1.82, 2.24) is 52.1 Å². The monoisotopic (exact) mass is 1040 g/mol. The van der Waals surface area contributed by atoms with E-state index in [1.165, 1.54) is 36.1 Å². The van der Waals surface area contributed by atoms with Crippen LogP contribution in [0.4, 0.5) is 0 Å². The maximum absolute atomic E-state index is 14.3. The topological polar surface area (TPSA) is 362 Å². The van der Waals surface area contributed by atoms with Crippen molar-refractivity contribution in [3.8, 4) is 0 Å². The fourth-order valence-electron chi connectivity index (χ4n) is 7.54. The summed E-state index contributed by atoms with van der Waals surface area (Å²) in [4.78, 5) is 130. The molecule has 0 radical (unpaired) electrons. The normalized spacial score (nSPS) is 17.4. The number of nitrogens with two attached hydrogens (primary N) is 2. The number of aromatic amines is 1. The molecule has 10 atom stereocenters. The number of aliphatic carboxylic acids is 1. The molecule has 0 unspecified atom stereocenters. The maximum Gasteiger partial charge on any atom is 0.327 e. The first-order valence-electron chi connectivity index (χ1n) is 23.6. The second-order valence-corrected chi connectivity index (χ2v) is 19.9. The lowest BCUT2D eigenvalue weighted by Gasteiger charge is -2.32. The van der Waals surface area contributed by atoms with E-state index in [4.69, 9.17) is 11.5 Å². The Morgan fingerprint density at radius 3 is 1.84 bits per heavy atom. The Bertz CT molecular complexity index is 1880. The van der Waals surface area contributed by atoms with E-state index in [-0.39, 0.29) is 68.4 Å². The lowest BCUT2D eigenvalue weighted by molar-refractivity contribution is -0.143. The van der Waals surface area contributed by atoms with Crippen LogP contribution >= 0.6 is 37.0 Å². The molecule has 2 rings (SSSR count). The number of likely N-dealkylation sites (tertiary alicyclic amines) is 1. The number of carboxylic acids is 1. The summed E-state index contributed by atoms with van der Waals surface area (Å²) in [6.07, 6.45) is 5.23. The van der Waals surface area contributed by atoms with E-state index in [2.05, 4.69) is 72.4 Å². The lowest BCUT2D eigenvalue weighted by atomic mass is 10.00. The van der Waals surface area contributed by atoms with Gasteiger partial charge in [-0.05, 0) is 88.7 Å². The molecule has 70 heavy (non-hydrogen) atoms. The van der Waals surface area contributed by atoms with Crippen molar-refractivity contribution in [2.24, 2.45) is 23.3 Å². The highest BCUT2D eigenvalue weighted by atomic mass is 32.2. The molecule has 26 heteroatoms. The summed E-state index contributed by atoms with van der Waals surface area (Å²) in [6, 6.07) is -11.0. The highest BCUT2D eigenvalue weighted by Gasteiger charge is 2.41. The van der Waals surface area contributed by atoms with Crippen LogP contribution in [-0.4, -0.2) is 175 Å². The first-order valence-corrected chi connectivity index (χ1v) is 26.2. The Morgan fingerprint density at radius 1 is 0.757 bits per heavy atom. The minimum atomic E-state index is -1.46. The maximum atomic E-state index is 14.3. The summed E-state index contributed by atoms with van der Waals surface area (Å²) in [7, 11) is 0. The molecule has 1 aromatic heterocycles. The number of thioether (sulfide) groups is 1. The Kier molecular flexibility index (Phi) is 27.8. The number of unbranched alkanes of at least 4 members (excludes halogenated alkanes) is 1. The van der Waals surface area contributed by atoms with Crippen LogP contribution in [0.3, 0.4) is 0 Å². The summed E-state index contributed by atoms with van der Waals surface area (Å²) in [5.41, 5.74) is 12.0. The Morgan fingerprint density at radius 2 is 1.31 bits per heavy atom. The van der Waals surface area contributed by atoms with Crippen molar-refractivity contribution in [3.05, 3.63) is 18.2 Å². The quantitative estimate of drug-likeness (QED) is 0.0273. The van der Waals surface area contributed by atoms with Crippen LogP contribution < -0.4 is 48.7 Å². The van der Waals surface area contributed by atoms with Crippen LogP contribution in [0.2, 0.25) is 0 Å². The molecule has 396 valence electrons. The number of H-pyrrole nitrogens is 1. The van der Waals surface area contributed by atoms with Gasteiger partial charge in [0.1, 0.15) is 48.3 Å². The van der Waals surface area contributed by atoms with Crippen LogP contribution in [0.1, 0.15) is 91.7 Å². The molecule has 2 heterocycles. The molecular weight excluding hydrogens is 969 g/mol. The van der Waals surface area contributed by atoms with Crippen LogP contribution in [0.25, 0.3) is 0 Å². The van der Waals surface area contributed by atoms with E-state index in [0.717, 1.165) is 0 Å². The first kappa shape index (κ1) is 61.5. The predicted octanol–water partition coefficient (Wildman–Crippen LogP) is -2.04. The number of carbonyl (C=O) groups is 9. The number of aromatic nitrogens is 2. The summed E-state index contributed by atoms with van der Waals surface area (Å²) in [5.74, 6) is -7.14. The van der Waals surface area contributed by atoms with Gasteiger partial charge in [-0.1, -0.05) is 27.7 Å². The number of aliphatic hydroxyl groups excluding tert-OH is 1. The highest BCUT2D eigenvalue weighted by molar-refractivity contribution is 7.98. The van der Waals surface area contributed by atoms with E-state index in [1.54, 1.807) is 6.26 Å². The molecule has 0 saturated carbocycles. The summed E-state index contributed by atoms with van der Waals surface area (Å²) in [6.45, 7) is 9.06. The number of carboxylic acid groups (broad SMARTS) is 1. The third kappa shape index (κ3) is 20.6. The fraction of sp³-hybridized carbons (Fsp3) is 0.727. The number of amides is 8. The molecule has 1 saturated heterocycles. The first-order chi connectivity index (χ1) is 33.1. The third-order valence-electron chi connectivity index (χ3n) is 11.3. The number of thiol groups is 2. The van der Waals surface area contributed by atoms with Crippen LogP contribution in [0.5, 0.6) is 0 Å². The zero-order chi connectivity index (χ0) is 52.7. The summed E-state index contributed by atoms with van der Waals surface area (Å²) in [5, 5.41) is 38.3. The van der Waals surface area contributed by atoms with Gasteiger partial charge in [-0.2, -0.15) is 37.0 Å². The van der Waals surface area contributed by atoms with Crippen molar-refractivity contribution in [3.63, 3.8) is 0 Å².